The summed E-state index contributed by atoms with van der Waals surface area (Å²) in [4.78, 5) is 2.56. The van der Waals surface area contributed by atoms with Crippen molar-refractivity contribution in [2.75, 3.05) is 0 Å². The molecule has 1 rings (SSSR count). The van der Waals surface area contributed by atoms with E-state index in [2.05, 4.69) is 20.9 Å². The summed E-state index contributed by atoms with van der Waals surface area (Å²) in [5.41, 5.74) is 4.96. The highest BCUT2D eigenvalue weighted by Gasteiger charge is 2.39. The number of halogens is 4. The summed E-state index contributed by atoms with van der Waals surface area (Å²) >= 11 is 2.92. The van der Waals surface area contributed by atoms with Crippen molar-refractivity contribution in [3.05, 3.63) is 22.4 Å². The molecule has 0 saturated carbocycles. The van der Waals surface area contributed by atoms with Crippen LogP contribution in [0.15, 0.2) is 16.9 Å². The van der Waals surface area contributed by atoms with E-state index >= 15 is 0 Å². The molecule has 0 aliphatic heterocycles. The van der Waals surface area contributed by atoms with Crippen LogP contribution in [0.2, 0.25) is 0 Å². The number of alkyl halides is 3. The lowest BCUT2D eigenvalue weighted by Gasteiger charge is -2.14. The number of hydrogen-bond donors (Lipinski definition) is 2. The molecule has 0 bridgehead atoms. The highest BCUT2D eigenvalue weighted by Crippen LogP contribution is 2.33. The van der Waals surface area contributed by atoms with Crippen molar-refractivity contribution in [2.24, 2.45) is 5.73 Å². The van der Waals surface area contributed by atoms with Crippen LogP contribution >= 0.6 is 15.9 Å². The van der Waals surface area contributed by atoms with E-state index in [1.165, 1.54) is 12.3 Å². The molecule has 0 aliphatic rings. The SMILES string of the molecule is N[C@H](c1cc[nH]c1Br)C(F)(F)F. The first-order valence-corrected chi connectivity index (χ1v) is 3.87. The molecular weight excluding hydrogens is 237 g/mol. The molecule has 68 valence electrons. The second-order valence-electron chi connectivity index (χ2n) is 2.27. The molecule has 3 N–H and O–H groups in total. The normalized spacial score (nSPS) is 14.8. The number of aromatic nitrogens is 1. The van der Waals surface area contributed by atoms with Gasteiger partial charge < -0.3 is 10.7 Å². The van der Waals surface area contributed by atoms with Crippen LogP contribution in [0.1, 0.15) is 11.6 Å². The first-order valence-electron chi connectivity index (χ1n) is 3.08. The van der Waals surface area contributed by atoms with Crippen molar-refractivity contribution in [1.82, 2.24) is 4.98 Å². The summed E-state index contributed by atoms with van der Waals surface area (Å²) < 4.78 is 36.4. The summed E-state index contributed by atoms with van der Waals surface area (Å²) in [7, 11) is 0. The lowest BCUT2D eigenvalue weighted by molar-refractivity contribution is -0.149. The Bertz CT molecular complexity index is 268. The average Bonchev–Trinajstić information content (AvgIpc) is 2.31. The maximum Gasteiger partial charge on any atom is 0.407 e. The quantitative estimate of drug-likeness (QED) is 0.780. The van der Waals surface area contributed by atoms with Gasteiger partial charge in [0.15, 0.2) is 0 Å². The van der Waals surface area contributed by atoms with Crippen LogP contribution in [0.4, 0.5) is 13.2 Å². The lowest BCUT2D eigenvalue weighted by Crippen LogP contribution is -2.28. The van der Waals surface area contributed by atoms with Gasteiger partial charge in [-0.1, -0.05) is 0 Å². The number of nitrogens with one attached hydrogen (secondary N) is 1. The van der Waals surface area contributed by atoms with Crippen LogP contribution in [-0.4, -0.2) is 11.2 Å². The van der Waals surface area contributed by atoms with Gasteiger partial charge in [-0.05, 0) is 22.0 Å². The van der Waals surface area contributed by atoms with Gasteiger partial charge in [-0.25, -0.2) is 0 Å². The van der Waals surface area contributed by atoms with Gasteiger partial charge in [-0.15, -0.1) is 0 Å². The van der Waals surface area contributed by atoms with Crippen LogP contribution in [0.25, 0.3) is 0 Å². The van der Waals surface area contributed by atoms with Gasteiger partial charge in [0.1, 0.15) is 6.04 Å². The Balaban J connectivity index is 2.92. The van der Waals surface area contributed by atoms with Gasteiger partial charge >= 0.3 is 6.18 Å². The Kier molecular flexibility index (Phi) is 2.48. The Morgan fingerprint density at radius 3 is 2.42 bits per heavy atom. The van der Waals surface area contributed by atoms with E-state index in [9.17, 15) is 13.2 Å². The van der Waals surface area contributed by atoms with Gasteiger partial charge in [0.2, 0.25) is 0 Å². The Morgan fingerprint density at radius 1 is 1.50 bits per heavy atom. The second-order valence-corrected chi connectivity index (χ2v) is 3.06. The zero-order valence-electron chi connectivity index (χ0n) is 5.82. The number of nitrogens with two attached hydrogens (primary N) is 1. The maximum atomic E-state index is 12.0. The second kappa shape index (κ2) is 3.10. The first-order chi connectivity index (χ1) is 5.43. The Morgan fingerprint density at radius 2 is 2.08 bits per heavy atom. The minimum Gasteiger partial charge on any atom is -0.356 e. The minimum atomic E-state index is -4.40. The Hall–Kier alpha value is -0.490. The van der Waals surface area contributed by atoms with Crippen LogP contribution in [0.3, 0.4) is 0 Å². The molecule has 2 nitrogen and oxygen atoms in total. The third-order valence-corrected chi connectivity index (χ3v) is 2.10. The zero-order chi connectivity index (χ0) is 9.35. The summed E-state index contributed by atoms with van der Waals surface area (Å²) in [6, 6.07) is -0.638. The topological polar surface area (TPSA) is 41.8 Å². The number of aromatic amines is 1. The molecule has 0 amide bonds. The molecule has 0 fully saturated rings. The molecule has 1 atom stereocenters. The first kappa shape index (κ1) is 9.60. The van der Waals surface area contributed by atoms with Crippen molar-refractivity contribution in [2.45, 2.75) is 12.2 Å². The van der Waals surface area contributed by atoms with E-state index in [4.69, 9.17) is 5.73 Å². The van der Waals surface area contributed by atoms with E-state index in [1.807, 2.05) is 0 Å². The molecule has 0 aliphatic carbocycles. The fourth-order valence-electron chi connectivity index (χ4n) is 0.778. The van der Waals surface area contributed by atoms with Crippen molar-refractivity contribution in [3.63, 3.8) is 0 Å². The molecule has 6 heteroatoms. The number of rotatable bonds is 1. The predicted molar refractivity (Wildman–Crippen MR) is 41.5 cm³/mol. The van der Waals surface area contributed by atoms with Crippen LogP contribution in [-0.2, 0) is 0 Å². The molecule has 1 aromatic heterocycles. The zero-order valence-corrected chi connectivity index (χ0v) is 7.41. The highest BCUT2D eigenvalue weighted by molar-refractivity contribution is 9.10. The molecule has 0 unspecified atom stereocenters. The average molecular weight is 243 g/mol. The third-order valence-electron chi connectivity index (χ3n) is 1.41. The van der Waals surface area contributed by atoms with Gasteiger partial charge in [0, 0.05) is 11.8 Å². The fraction of sp³-hybridized carbons (Fsp3) is 0.333. The van der Waals surface area contributed by atoms with Crippen molar-refractivity contribution >= 4 is 15.9 Å². The standard InChI is InChI=1S/C6H6BrF3N2/c7-5-3(1-2-12-5)4(11)6(8,9)10/h1-2,4,12H,11H2/t4-/m1/s1. The van der Waals surface area contributed by atoms with Gasteiger partial charge in [-0.2, -0.15) is 13.2 Å². The van der Waals surface area contributed by atoms with Crippen LogP contribution in [0, 0.1) is 0 Å². The van der Waals surface area contributed by atoms with Crippen molar-refractivity contribution in [1.29, 1.82) is 0 Å². The number of H-pyrrole nitrogens is 1. The Labute approximate surface area is 75.1 Å². The monoisotopic (exact) mass is 242 g/mol. The third kappa shape index (κ3) is 1.81. The van der Waals surface area contributed by atoms with Crippen LogP contribution in [0.5, 0.6) is 0 Å². The van der Waals surface area contributed by atoms with Gasteiger partial charge in [0.05, 0.1) is 4.60 Å². The predicted octanol–water partition coefficient (Wildman–Crippen LogP) is 2.34. The summed E-state index contributed by atoms with van der Waals surface area (Å²) in [6.45, 7) is 0. The largest absolute Gasteiger partial charge is 0.407 e. The van der Waals surface area contributed by atoms with Crippen molar-refractivity contribution < 1.29 is 13.2 Å². The highest BCUT2D eigenvalue weighted by atomic mass is 79.9. The molecule has 1 aromatic rings. The molecule has 0 saturated heterocycles. The van der Waals surface area contributed by atoms with E-state index < -0.39 is 12.2 Å². The smallest absolute Gasteiger partial charge is 0.356 e. The van der Waals surface area contributed by atoms with E-state index in [1.54, 1.807) is 0 Å². The van der Waals surface area contributed by atoms with Gasteiger partial charge in [0.25, 0.3) is 0 Å². The molecule has 0 radical (unpaired) electrons. The molecular formula is C6H6BrF3N2. The van der Waals surface area contributed by atoms with E-state index in [0.29, 0.717) is 0 Å². The lowest BCUT2D eigenvalue weighted by atomic mass is 10.1. The molecule has 0 aromatic carbocycles. The van der Waals surface area contributed by atoms with Gasteiger partial charge in [-0.3, -0.25) is 0 Å². The summed E-state index contributed by atoms with van der Waals surface area (Å²) in [6.07, 6.45) is -3.00. The van der Waals surface area contributed by atoms with Crippen LogP contribution < -0.4 is 5.73 Å². The summed E-state index contributed by atoms with van der Waals surface area (Å²) in [5.74, 6) is 0. The minimum absolute atomic E-state index is 0.0162. The number of hydrogen-bond acceptors (Lipinski definition) is 1. The van der Waals surface area contributed by atoms with E-state index in [0.717, 1.165) is 0 Å². The fourth-order valence-corrected chi connectivity index (χ4v) is 1.29. The molecule has 0 spiro atoms. The maximum absolute atomic E-state index is 12.0. The molecule has 1 heterocycles. The summed E-state index contributed by atoms with van der Waals surface area (Å²) in [5, 5.41) is 0. The van der Waals surface area contributed by atoms with Crippen molar-refractivity contribution in [3.8, 4) is 0 Å². The van der Waals surface area contributed by atoms with E-state index in [-0.39, 0.29) is 10.2 Å². The molecule has 12 heavy (non-hydrogen) atoms.